The van der Waals surface area contributed by atoms with Crippen molar-refractivity contribution in [2.75, 3.05) is 39.8 Å². The smallest absolute Gasteiger partial charge is 0.276 e. The van der Waals surface area contributed by atoms with Crippen LogP contribution in [0.1, 0.15) is 25.7 Å². The summed E-state index contributed by atoms with van der Waals surface area (Å²) in [5.41, 5.74) is -0.561. The fourth-order valence-corrected chi connectivity index (χ4v) is 2.99. The van der Waals surface area contributed by atoms with E-state index in [1.54, 1.807) is 4.90 Å². The van der Waals surface area contributed by atoms with Gasteiger partial charge in [-0.1, -0.05) is 0 Å². The molecule has 0 unspecified atom stereocenters. The van der Waals surface area contributed by atoms with Crippen LogP contribution in [0.5, 0.6) is 0 Å². The van der Waals surface area contributed by atoms with Gasteiger partial charge in [0.25, 0.3) is 5.91 Å². The predicted octanol–water partition coefficient (Wildman–Crippen LogP) is -2.65. The van der Waals surface area contributed by atoms with Crippen molar-refractivity contribution in [3.8, 4) is 6.07 Å². The molecule has 0 aromatic heterocycles. The molecular weight excluding hydrogens is 228 g/mol. The van der Waals surface area contributed by atoms with Crippen LogP contribution in [0.25, 0.3) is 0 Å². The molecule has 2 rings (SSSR count). The van der Waals surface area contributed by atoms with E-state index < -0.39 is 5.54 Å². The molecule has 0 spiro atoms. The van der Waals surface area contributed by atoms with Gasteiger partial charge in [0.15, 0.2) is 6.54 Å². The van der Waals surface area contributed by atoms with Crippen molar-refractivity contribution in [2.24, 2.45) is 0 Å². The zero-order chi connectivity index (χ0) is 13.0. The number of nitriles is 1. The lowest BCUT2D eigenvalue weighted by Crippen LogP contribution is -3.27. The Bertz CT molecular complexity index is 335. The second-order valence-electron chi connectivity index (χ2n) is 5.83. The molecule has 18 heavy (non-hydrogen) atoms. The molecule has 1 saturated carbocycles. The van der Waals surface area contributed by atoms with Gasteiger partial charge in [0.1, 0.15) is 31.7 Å². The molecule has 0 aromatic carbocycles. The Morgan fingerprint density at radius 1 is 1.28 bits per heavy atom. The zero-order valence-electron chi connectivity index (χ0n) is 11.2. The zero-order valence-corrected chi connectivity index (χ0v) is 11.2. The Balaban J connectivity index is 1.80. The minimum Gasteiger partial charge on any atom is -0.333 e. The lowest BCUT2D eigenvalue weighted by molar-refractivity contribution is -1.000. The molecule has 1 heterocycles. The highest BCUT2D eigenvalue weighted by Crippen LogP contribution is 2.28. The lowest BCUT2D eigenvalue weighted by Gasteiger charge is -2.28. The third-order valence-corrected chi connectivity index (χ3v) is 4.27. The predicted molar refractivity (Wildman–Crippen MR) is 67.1 cm³/mol. The second kappa shape index (κ2) is 5.68. The summed E-state index contributed by atoms with van der Waals surface area (Å²) >= 11 is 0. The first-order valence-electron chi connectivity index (χ1n) is 7.01. The molecule has 2 aliphatic rings. The molecule has 5 nitrogen and oxygen atoms in total. The number of quaternary nitrogens is 2. The fraction of sp³-hybridized carbons (Fsp3) is 0.846. The molecule has 2 fully saturated rings. The van der Waals surface area contributed by atoms with Gasteiger partial charge in [-0.2, -0.15) is 5.26 Å². The van der Waals surface area contributed by atoms with Gasteiger partial charge in [-0.05, 0) is 25.7 Å². The molecule has 100 valence electrons. The van der Waals surface area contributed by atoms with Gasteiger partial charge in [-0.15, -0.1) is 0 Å². The van der Waals surface area contributed by atoms with Crippen molar-refractivity contribution in [3.63, 3.8) is 0 Å². The second-order valence-corrected chi connectivity index (χ2v) is 5.83. The van der Waals surface area contributed by atoms with Crippen LogP contribution < -0.4 is 15.1 Å². The van der Waals surface area contributed by atoms with Crippen molar-refractivity contribution < 1.29 is 14.6 Å². The molecule has 0 aromatic rings. The first-order valence-corrected chi connectivity index (χ1v) is 7.01. The SMILES string of the molecule is C[NH+]1CC[NH+](CC(=O)NC2(C#N)CCCC2)CC1. The molecule has 1 saturated heterocycles. The van der Waals surface area contributed by atoms with E-state index in [1.165, 1.54) is 4.90 Å². The summed E-state index contributed by atoms with van der Waals surface area (Å²) < 4.78 is 0. The summed E-state index contributed by atoms with van der Waals surface area (Å²) in [6, 6.07) is 2.31. The van der Waals surface area contributed by atoms with E-state index in [1.807, 2.05) is 0 Å². The Morgan fingerprint density at radius 3 is 2.44 bits per heavy atom. The molecule has 1 amide bonds. The van der Waals surface area contributed by atoms with E-state index in [4.69, 9.17) is 0 Å². The maximum Gasteiger partial charge on any atom is 0.276 e. The number of carbonyl (C=O) groups excluding carboxylic acids is 1. The number of nitrogens with one attached hydrogen (secondary N) is 3. The lowest BCUT2D eigenvalue weighted by atomic mass is 10.00. The third kappa shape index (κ3) is 3.21. The minimum absolute atomic E-state index is 0.0491. The van der Waals surface area contributed by atoms with Crippen LogP contribution in [0.3, 0.4) is 0 Å². The van der Waals surface area contributed by atoms with Crippen LogP contribution in [0, 0.1) is 11.3 Å². The van der Waals surface area contributed by atoms with E-state index in [-0.39, 0.29) is 5.91 Å². The average molecular weight is 252 g/mol. The number of carbonyl (C=O) groups is 1. The summed E-state index contributed by atoms with van der Waals surface area (Å²) in [6.45, 7) is 4.90. The van der Waals surface area contributed by atoms with Gasteiger partial charge in [0.2, 0.25) is 0 Å². The van der Waals surface area contributed by atoms with E-state index in [2.05, 4.69) is 18.4 Å². The largest absolute Gasteiger partial charge is 0.333 e. The number of piperazine rings is 1. The van der Waals surface area contributed by atoms with Gasteiger partial charge >= 0.3 is 0 Å². The van der Waals surface area contributed by atoms with E-state index in [0.717, 1.165) is 51.9 Å². The Hall–Kier alpha value is -1.12. The molecule has 5 heteroatoms. The third-order valence-electron chi connectivity index (χ3n) is 4.27. The van der Waals surface area contributed by atoms with E-state index in [0.29, 0.717) is 6.54 Å². The van der Waals surface area contributed by atoms with Gasteiger partial charge < -0.3 is 15.1 Å². The Labute approximate surface area is 109 Å². The summed E-state index contributed by atoms with van der Waals surface area (Å²) in [6.07, 6.45) is 3.74. The average Bonchev–Trinajstić information content (AvgIpc) is 2.81. The molecule has 0 bridgehead atoms. The van der Waals surface area contributed by atoms with Crippen LogP contribution >= 0.6 is 0 Å². The summed E-state index contributed by atoms with van der Waals surface area (Å²) in [5.74, 6) is 0.0491. The summed E-state index contributed by atoms with van der Waals surface area (Å²) in [7, 11) is 2.19. The standard InChI is InChI=1S/C13H22N4O/c1-16-6-8-17(9-7-16)10-12(18)15-13(11-14)4-2-3-5-13/h2-10H2,1H3,(H,15,18)/p+2. The molecular formula is C13H24N4O+2. The maximum atomic E-state index is 12.0. The van der Waals surface area contributed by atoms with E-state index >= 15 is 0 Å². The topological polar surface area (TPSA) is 61.8 Å². The Kier molecular flexibility index (Phi) is 4.20. The highest BCUT2D eigenvalue weighted by Gasteiger charge is 2.36. The van der Waals surface area contributed by atoms with Crippen LogP contribution in [-0.2, 0) is 4.79 Å². The van der Waals surface area contributed by atoms with Crippen LogP contribution in [-0.4, -0.2) is 51.2 Å². The highest BCUT2D eigenvalue weighted by atomic mass is 16.2. The fourth-order valence-electron chi connectivity index (χ4n) is 2.99. The number of hydrogen-bond acceptors (Lipinski definition) is 2. The quantitative estimate of drug-likeness (QED) is 0.514. The van der Waals surface area contributed by atoms with Gasteiger partial charge in [-0.25, -0.2) is 0 Å². The van der Waals surface area contributed by atoms with Crippen LogP contribution in [0.2, 0.25) is 0 Å². The number of rotatable bonds is 3. The van der Waals surface area contributed by atoms with Crippen molar-refractivity contribution in [3.05, 3.63) is 0 Å². The Morgan fingerprint density at radius 2 is 1.89 bits per heavy atom. The number of nitrogens with zero attached hydrogens (tertiary/aromatic N) is 1. The maximum absolute atomic E-state index is 12.0. The van der Waals surface area contributed by atoms with Crippen molar-refractivity contribution >= 4 is 5.91 Å². The van der Waals surface area contributed by atoms with Crippen molar-refractivity contribution in [1.29, 1.82) is 5.26 Å². The highest BCUT2D eigenvalue weighted by molar-refractivity contribution is 5.78. The number of likely N-dealkylation sites (N-methyl/N-ethyl adjacent to an activating group) is 1. The van der Waals surface area contributed by atoms with Gasteiger partial charge in [0.05, 0.1) is 13.1 Å². The molecule has 1 aliphatic heterocycles. The first-order chi connectivity index (χ1) is 8.63. The van der Waals surface area contributed by atoms with Gasteiger partial charge in [-0.3, -0.25) is 4.79 Å². The minimum atomic E-state index is -0.561. The summed E-state index contributed by atoms with van der Waals surface area (Å²) in [5, 5.41) is 12.2. The monoisotopic (exact) mass is 252 g/mol. The first kappa shape index (κ1) is 13.3. The van der Waals surface area contributed by atoms with Gasteiger partial charge in [0, 0.05) is 0 Å². The number of hydrogen-bond donors (Lipinski definition) is 3. The molecule has 3 N–H and O–H groups in total. The van der Waals surface area contributed by atoms with Crippen LogP contribution in [0.4, 0.5) is 0 Å². The van der Waals surface area contributed by atoms with E-state index in [9.17, 15) is 10.1 Å². The summed E-state index contributed by atoms with van der Waals surface area (Å²) in [4.78, 5) is 14.9. The van der Waals surface area contributed by atoms with Crippen molar-refractivity contribution in [2.45, 2.75) is 31.2 Å². The molecule has 0 atom stereocenters. The van der Waals surface area contributed by atoms with Crippen molar-refractivity contribution in [1.82, 2.24) is 5.32 Å². The molecule has 1 aliphatic carbocycles. The number of amides is 1. The van der Waals surface area contributed by atoms with Crippen LogP contribution in [0.15, 0.2) is 0 Å². The molecule has 0 radical (unpaired) electrons. The normalized spacial score (nSPS) is 30.7.